The van der Waals surface area contributed by atoms with E-state index in [4.69, 9.17) is 0 Å². The highest BCUT2D eigenvalue weighted by Crippen LogP contribution is 2.12. The van der Waals surface area contributed by atoms with Crippen molar-refractivity contribution >= 4 is 7.28 Å². The van der Waals surface area contributed by atoms with E-state index in [0.717, 1.165) is 11.8 Å². The van der Waals surface area contributed by atoms with Gasteiger partial charge in [0.1, 0.15) is 7.28 Å². The molecule has 0 aromatic rings. The highest BCUT2D eigenvalue weighted by atomic mass is 14.0. The largest absolute Gasteiger partial charge is 0.120 e. The van der Waals surface area contributed by atoms with Crippen molar-refractivity contribution in [1.29, 1.82) is 0 Å². The molecule has 0 aliphatic heterocycles. The summed E-state index contributed by atoms with van der Waals surface area (Å²) in [4.78, 5) is 0. The molecule has 0 aromatic heterocycles. The van der Waals surface area contributed by atoms with Crippen LogP contribution in [0, 0.1) is 11.8 Å². The summed E-state index contributed by atoms with van der Waals surface area (Å²) < 4.78 is 0. The summed E-state index contributed by atoms with van der Waals surface area (Å²) in [5.74, 6) is 1.80. The van der Waals surface area contributed by atoms with Gasteiger partial charge in [-0.05, 0) is 11.8 Å². The molecule has 0 unspecified atom stereocenters. The van der Waals surface area contributed by atoms with E-state index in [-0.39, 0.29) is 0 Å². The monoisotopic (exact) mass is 238 g/mol. The molecule has 0 aromatic carbocycles. The van der Waals surface area contributed by atoms with Gasteiger partial charge in [0, 0.05) is 0 Å². The molecule has 0 spiro atoms. The van der Waals surface area contributed by atoms with E-state index in [1.165, 1.54) is 71.3 Å². The zero-order valence-corrected chi connectivity index (χ0v) is 12.9. The second-order valence-corrected chi connectivity index (χ2v) is 6.55. The summed E-state index contributed by atoms with van der Waals surface area (Å²) >= 11 is 0. The van der Waals surface area contributed by atoms with Gasteiger partial charge in [0.15, 0.2) is 0 Å². The first kappa shape index (κ1) is 17.1. The Bertz CT molecular complexity index is 124. The molecule has 0 atom stereocenters. The first-order valence-electron chi connectivity index (χ1n) is 8.13. The number of rotatable bonds is 12. The van der Waals surface area contributed by atoms with Crippen LogP contribution in [0.15, 0.2) is 0 Å². The van der Waals surface area contributed by atoms with Gasteiger partial charge in [-0.2, -0.15) is 0 Å². The lowest BCUT2D eigenvalue weighted by Crippen LogP contribution is -1.92. The fraction of sp³-hybridized carbons (Fsp3) is 1.00. The molecule has 0 fully saturated rings. The van der Waals surface area contributed by atoms with Gasteiger partial charge in [-0.25, -0.2) is 0 Å². The molecule has 0 N–H and O–H groups in total. The van der Waals surface area contributed by atoms with Gasteiger partial charge in [-0.1, -0.05) is 91.7 Å². The van der Waals surface area contributed by atoms with Crippen molar-refractivity contribution in [2.24, 2.45) is 11.8 Å². The Morgan fingerprint density at radius 2 is 1.00 bits per heavy atom. The Morgan fingerprint density at radius 1 is 0.588 bits per heavy atom. The predicted molar refractivity (Wildman–Crippen MR) is 83.4 cm³/mol. The highest BCUT2D eigenvalue weighted by Gasteiger charge is 1.97. The molecule has 0 radical (unpaired) electrons. The van der Waals surface area contributed by atoms with Gasteiger partial charge in [0.05, 0.1) is 0 Å². The lowest BCUT2D eigenvalue weighted by Gasteiger charge is -2.05. The fourth-order valence-electron chi connectivity index (χ4n) is 2.34. The maximum Gasteiger partial charge on any atom is 0.120 e. The minimum absolute atomic E-state index is 0.899. The van der Waals surface area contributed by atoms with Crippen molar-refractivity contribution in [1.82, 2.24) is 0 Å². The number of hydrogen-bond acceptors (Lipinski definition) is 0. The molecule has 0 aliphatic carbocycles. The van der Waals surface area contributed by atoms with Gasteiger partial charge in [0.2, 0.25) is 0 Å². The Kier molecular flexibility index (Phi) is 12.6. The molecule has 0 aliphatic rings. The number of unbranched alkanes of at least 4 members (excludes halogenated alkanes) is 4. The zero-order valence-electron chi connectivity index (χ0n) is 12.9. The summed E-state index contributed by atoms with van der Waals surface area (Å²) in [5.41, 5.74) is 0. The van der Waals surface area contributed by atoms with Gasteiger partial charge in [-0.15, -0.1) is 0 Å². The average Bonchev–Trinajstić information content (AvgIpc) is 2.25. The van der Waals surface area contributed by atoms with E-state index >= 15 is 0 Å². The third-order valence-corrected chi connectivity index (χ3v) is 3.56. The summed E-state index contributed by atoms with van der Waals surface area (Å²) in [7, 11) is 1.48. The normalized spacial score (nSPS) is 11.4. The van der Waals surface area contributed by atoms with Crippen molar-refractivity contribution < 1.29 is 0 Å². The van der Waals surface area contributed by atoms with E-state index in [2.05, 4.69) is 27.7 Å². The van der Waals surface area contributed by atoms with Crippen LogP contribution < -0.4 is 0 Å². The molecule has 0 saturated carbocycles. The summed E-state index contributed by atoms with van der Waals surface area (Å²) in [6.07, 6.45) is 14.6. The second kappa shape index (κ2) is 12.5. The Morgan fingerprint density at radius 3 is 1.35 bits per heavy atom. The lowest BCUT2D eigenvalue weighted by molar-refractivity contribution is 0.532. The van der Waals surface area contributed by atoms with Gasteiger partial charge in [-0.3, -0.25) is 0 Å². The molecule has 0 saturated heterocycles. The highest BCUT2D eigenvalue weighted by molar-refractivity contribution is 6.35. The SMILES string of the molecule is CC(C)CCCCCBCCCCCC(C)C. The molecule has 102 valence electrons. The van der Waals surface area contributed by atoms with Crippen LogP contribution in [0.1, 0.15) is 79.1 Å². The molecular formula is C16H35B. The minimum Gasteiger partial charge on any atom is -0.0774 e. The smallest absolute Gasteiger partial charge is 0.0774 e. The van der Waals surface area contributed by atoms with Crippen molar-refractivity contribution in [2.75, 3.05) is 0 Å². The predicted octanol–water partition coefficient (Wildman–Crippen LogP) is 5.69. The molecule has 0 amide bonds. The van der Waals surface area contributed by atoms with Crippen LogP contribution in [0.25, 0.3) is 0 Å². The lowest BCUT2D eigenvalue weighted by atomic mass is 9.68. The fourth-order valence-corrected chi connectivity index (χ4v) is 2.34. The summed E-state index contributed by atoms with van der Waals surface area (Å²) in [6, 6.07) is 0. The van der Waals surface area contributed by atoms with Gasteiger partial charge < -0.3 is 0 Å². The second-order valence-electron chi connectivity index (χ2n) is 6.55. The van der Waals surface area contributed by atoms with Crippen LogP contribution in [-0.2, 0) is 0 Å². The van der Waals surface area contributed by atoms with Gasteiger partial charge >= 0.3 is 0 Å². The molecular weight excluding hydrogens is 203 g/mol. The quantitative estimate of drug-likeness (QED) is 0.302. The third kappa shape index (κ3) is 16.1. The molecule has 0 nitrogen and oxygen atoms in total. The molecule has 0 bridgehead atoms. The average molecular weight is 238 g/mol. The van der Waals surface area contributed by atoms with E-state index in [0.29, 0.717) is 0 Å². The maximum atomic E-state index is 2.33. The first-order valence-corrected chi connectivity index (χ1v) is 8.13. The van der Waals surface area contributed by atoms with E-state index < -0.39 is 0 Å². The van der Waals surface area contributed by atoms with Crippen molar-refractivity contribution in [3.8, 4) is 0 Å². The topological polar surface area (TPSA) is 0 Å². The Balaban J connectivity index is 2.94. The van der Waals surface area contributed by atoms with Crippen LogP contribution >= 0.6 is 0 Å². The van der Waals surface area contributed by atoms with Crippen LogP contribution in [0.2, 0.25) is 12.6 Å². The maximum absolute atomic E-state index is 2.33. The van der Waals surface area contributed by atoms with Crippen LogP contribution in [-0.4, -0.2) is 7.28 Å². The van der Waals surface area contributed by atoms with Crippen molar-refractivity contribution in [3.63, 3.8) is 0 Å². The summed E-state index contributed by atoms with van der Waals surface area (Å²) in [6.45, 7) is 9.32. The third-order valence-electron chi connectivity index (χ3n) is 3.56. The van der Waals surface area contributed by atoms with Crippen molar-refractivity contribution in [3.05, 3.63) is 0 Å². The van der Waals surface area contributed by atoms with Crippen LogP contribution in [0.4, 0.5) is 0 Å². The van der Waals surface area contributed by atoms with E-state index in [1.807, 2.05) is 0 Å². The first-order chi connectivity index (χ1) is 8.13. The Hall–Kier alpha value is 0.0649. The molecule has 17 heavy (non-hydrogen) atoms. The minimum atomic E-state index is 0.899. The molecule has 0 rings (SSSR count). The Labute approximate surface area is 111 Å². The van der Waals surface area contributed by atoms with Crippen molar-refractivity contribution in [2.45, 2.75) is 91.7 Å². The zero-order chi connectivity index (χ0) is 12.9. The molecule has 1 heteroatoms. The molecule has 0 heterocycles. The number of hydrogen-bond donors (Lipinski definition) is 0. The van der Waals surface area contributed by atoms with E-state index in [1.54, 1.807) is 0 Å². The van der Waals surface area contributed by atoms with Crippen LogP contribution in [0.5, 0.6) is 0 Å². The van der Waals surface area contributed by atoms with Crippen LogP contribution in [0.3, 0.4) is 0 Å². The van der Waals surface area contributed by atoms with Gasteiger partial charge in [0.25, 0.3) is 0 Å². The standard InChI is InChI=1S/C16H35B/c1-15(2)11-7-5-9-13-17-14-10-6-8-12-16(3)4/h15-17H,5-14H2,1-4H3. The van der Waals surface area contributed by atoms with E-state index in [9.17, 15) is 0 Å². The summed E-state index contributed by atoms with van der Waals surface area (Å²) in [5, 5.41) is 0.